The monoisotopic (exact) mass is 355 g/mol. The molecule has 0 unspecified atom stereocenters. The fraction of sp³-hybridized carbons (Fsp3) is 0.647. The molecule has 1 aromatic rings. The number of nitrogens with zero attached hydrogens (tertiary/aromatic N) is 1. The van der Waals surface area contributed by atoms with Gasteiger partial charge in [-0.15, -0.1) is 0 Å². The van der Waals surface area contributed by atoms with Crippen molar-refractivity contribution in [3.63, 3.8) is 0 Å². The van der Waals surface area contributed by atoms with Gasteiger partial charge in [0, 0.05) is 26.3 Å². The van der Waals surface area contributed by atoms with Gasteiger partial charge in [-0.1, -0.05) is 13.0 Å². The number of ether oxygens (including phenoxy) is 1. The molecule has 2 aliphatic heterocycles. The van der Waals surface area contributed by atoms with Crippen LogP contribution in [0.15, 0.2) is 16.6 Å². The summed E-state index contributed by atoms with van der Waals surface area (Å²) in [4.78, 5) is 2.47. The van der Waals surface area contributed by atoms with Gasteiger partial charge >= 0.3 is 0 Å². The Hall–Kier alpha value is -0.450. The molecule has 1 fully saturated rings. The molecule has 0 aliphatic carbocycles. The van der Waals surface area contributed by atoms with Crippen molar-refractivity contribution in [2.45, 2.75) is 39.2 Å². The lowest BCUT2D eigenvalue weighted by Crippen LogP contribution is -2.36. The molecule has 0 spiro atoms. The van der Waals surface area contributed by atoms with E-state index in [1.165, 1.54) is 19.3 Å². The fourth-order valence-electron chi connectivity index (χ4n) is 3.37. The van der Waals surface area contributed by atoms with Gasteiger partial charge in [-0.3, -0.25) is 4.90 Å². The van der Waals surface area contributed by atoms with E-state index in [0.717, 1.165) is 50.4 Å². The highest BCUT2D eigenvalue weighted by molar-refractivity contribution is 9.10. The molecular formula is C17H23BrFNO. The van der Waals surface area contributed by atoms with Crippen molar-refractivity contribution in [2.24, 2.45) is 5.41 Å². The predicted molar refractivity (Wildman–Crippen MR) is 85.9 cm³/mol. The Morgan fingerprint density at radius 1 is 1.33 bits per heavy atom. The molecule has 2 heterocycles. The van der Waals surface area contributed by atoms with Crippen LogP contribution in [0.25, 0.3) is 0 Å². The van der Waals surface area contributed by atoms with Crippen LogP contribution in [0, 0.1) is 11.2 Å². The Morgan fingerprint density at radius 3 is 2.86 bits per heavy atom. The smallest absolute Gasteiger partial charge is 0.140 e. The van der Waals surface area contributed by atoms with Gasteiger partial charge in [-0.05, 0) is 70.8 Å². The van der Waals surface area contributed by atoms with E-state index < -0.39 is 0 Å². The zero-order valence-electron chi connectivity index (χ0n) is 12.6. The van der Waals surface area contributed by atoms with E-state index in [1.54, 1.807) is 0 Å². The first-order valence-electron chi connectivity index (χ1n) is 7.83. The first-order valence-corrected chi connectivity index (χ1v) is 8.63. The number of fused-ring (bicyclic) bond motifs is 1. The van der Waals surface area contributed by atoms with Crippen molar-refractivity contribution >= 4 is 15.9 Å². The summed E-state index contributed by atoms with van der Waals surface area (Å²) < 4.78 is 20.1. The molecule has 2 nitrogen and oxygen atoms in total. The first kappa shape index (κ1) is 15.4. The molecule has 1 saturated heterocycles. The average Bonchev–Trinajstić information content (AvgIpc) is 2.50. The van der Waals surface area contributed by atoms with E-state index in [4.69, 9.17) is 4.74 Å². The number of rotatable bonds is 3. The highest BCUT2D eigenvalue weighted by Crippen LogP contribution is 2.34. The maximum Gasteiger partial charge on any atom is 0.140 e. The minimum atomic E-state index is -0.0662. The van der Waals surface area contributed by atoms with Gasteiger partial charge in [-0.25, -0.2) is 4.39 Å². The van der Waals surface area contributed by atoms with Gasteiger partial charge in [0.15, 0.2) is 0 Å². The highest BCUT2D eigenvalue weighted by Gasteiger charge is 2.28. The molecule has 1 aromatic carbocycles. The van der Waals surface area contributed by atoms with Crippen LogP contribution in [0.5, 0.6) is 0 Å². The van der Waals surface area contributed by atoms with Gasteiger partial charge < -0.3 is 4.74 Å². The predicted octanol–water partition coefficient (Wildman–Crippen LogP) is 4.15. The molecule has 21 heavy (non-hydrogen) atoms. The first-order chi connectivity index (χ1) is 10.1. The van der Waals surface area contributed by atoms with Crippen LogP contribution >= 0.6 is 15.9 Å². The van der Waals surface area contributed by atoms with Crippen molar-refractivity contribution in [1.29, 1.82) is 0 Å². The lowest BCUT2D eigenvalue weighted by molar-refractivity contribution is 0.0142. The molecule has 4 heteroatoms. The zero-order chi connectivity index (χ0) is 14.9. The van der Waals surface area contributed by atoms with Crippen LogP contribution in [-0.4, -0.2) is 31.2 Å². The Kier molecular flexibility index (Phi) is 4.67. The largest absolute Gasteiger partial charge is 0.381 e. The molecule has 0 N–H and O–H groups in total. The molecule has 0 bridgehead atoms. The highest BCUT2D eigenvalue weighted by atomic mass is 79.9. The average molecular weight is 356 g/mol. The Balaban J connectivity index is 1.60. The minimum Gasteiger partial charge on any atom is -0.381 e. The number of benzene rings is 1. The van der Waals surface area contributed by atoms with Crippen molar-refractivity contribution in [2.75, 3.05) is 26.3 Å². The number of hydrogen-bond acceptors (Lipinski definition) is 2. The van der Waals surface area contributed by atoms with Gasteiger partial charge in [0.05, 0.1) is 4.47 Å². The molecule has 3 rings (SSSR count). The summed E-state index contributed by atoms with van der Waals surface area (Å²) in [5.41, 5.74) is 2.47. The Labute approximate surface area is 134 Å². The van der Waals surface area contributed by atoms with Gasteiger partial charge in [0.2, 0.25) is 0 Å². The maximum atomic E-state index is 14.1. The molecule has 0 radical (unpaired) electrons. The molecule has 0 amide bonds. The zero-order valence-corrected chi connectivity index (χ0v) is 14.2. The summed E-state index contributed by atoms with van der Waals surface area (Å²) in [6.45, 7) is 7.13. The normalized spacial score (nSPS) is 22.0. The van der Waals surface area contributed by atoms with E-state index in [0.29, 0.717) is 9.89 Å². The Morgan fingerprint density at radius 2 is 2.10 bits per heavy atom. The summed E-state index contributed by atoms with van der Waals surface area (Å²) in [5, 5.41) is 0. The quantitative estimate of drug-likeness (QED) is 0.807. The lowest BCUT2D eigenvalue weighted by atomic mass is 9.79. The maximum absolute atomic E-state index is 14.1. The number of hydrogen-bond donors (Lipinski definition) is 0. The topological polar surface area (TPSA) is 12.5 Å². The van der Waals surface area contributed by atoms with Gasteiger partial charge in [-0.2, -0.15) is 0 Å². The summed E-state index contributed by atoms with van der Waals surface area (Å²) >= 11 is 3.28. The van der Waals surface area contributed by atoms with E-state index in [1.807, 2.05) is 6.07 Å². The van der Waals surface area contributed by atoms with Crippen molar-refractivity contribution in [3.05, 3.63) is 33.5 Å². The molecular weight excluding hydrogens is 333 g/mol. The van der Waals surface area contributed by atoms with E-state index >= 15 is 0 Å². The van der Waals surface area contributed by atoms with Gasteiger partial charge in [0.25, 0.3) is 0 Å². The van der Waals surface area contributed by atoms with E-state index in [2.05, 4.69) is 33.8 Å². The van der Waals surface area contributed by atoms with Crippen LogP contribution in [0.2, 0.25) is 0 Å². The SMILES string of the molecule is CC1(CCN2CCc3c(ccc(Br)c3F)C2)CCOCC1. The molecule has 0 atom stereocenters. The van der Waals surface area contributed by atoms with E-state index in [9.17, 15) is 4.39 Å². The lowest BCUT2D eigenvalue weighted by Gasteiger charge is -2.37. The van der Waals surface area contributed by atoms with Crippen molar-refractivity contribution in [3.8, 4) is 0 Å². The molecule has 0 aromatic heterocycles. The van der Waals surface area contributed by atoms with E-state index in [-0.39, 0.29) is 5.82 Å². The van der Waals surface area contributed by atoms with Crippen molar-refractivity contribution < 1.29 is 9.13 Å². The standard InChI is InChI=1S/C17H23BrFNO/c1-17(6-10-21-11-7-17)5-9-20-8-4-14-13(12-20)2-3-15(18)16(14)19/h2-3H,4-12H2,1H3. The van der Waals surface area contributed by atoms with Crippen molar-refractivity contribution in [1.82, 2.24) is 4.90 Å². The second-order valence-corrected chi connectivity index (χ2v) is 7.55. The summed E-state index contributed by atoms with van der Waals surface area (Å²) in [6.07, 6.45) is 4.36. The molecule has 116 valence electrons. The van der Waals surface area contributed by atoms with Crippen LogP contribution in [-0.2, 0) is 17.7 Å². The summed E-state index contributed by atoms with van der Waals surface area (Å²) in [7, 11) is 0. The third kappa shape index (κ3) is 3.49. The Bertz CT molecular complexity index is 514. The third-order valence-corrected chi connectivity index (χ3v) is 5.71. The number of halogens is 2. The van der Waals surface area contributed by atoms with Crippen LogP contribution in [0.4, 0.5) is 4.39 Å². The van der Waals surface area contributed by atoms with Crippen LogP contribution in [0.1, 0.15) is 37.3 Å². The summed E-state index contributed by atoms with van der Waals surface area (Å²) in [6, 6.07) is 3.89. The van der Waals surface area contributed by atoms with Gasteiger partial charge in [0.1, 0.15) is 5.82 Å². The molecule has 0 saturated carbocycles. The summed E-state index contributed by atoms with van der Waals surface area (Å²) in [5.74, 6) is -0.0662. The fourth-order valence-corrected chi connectivity index (χ4v) is 3.75. The van der Waals surface area contributed by atoms with Crippen LogP contribution in [0.3, 0.4) is 0 Å². The third-order valence-electron chi connectivity index (χ3n) is 5.10. The molecule has 2 aliphatic rings. The second kappa shape index (κ2) is 6.35. The minimum absolute atomic E-state index is 0.0662. The van der Waals surface area contributed by atoms with Crippen LogP contribution < -0.4 is 0 Å². The second-order valence-electron chi connectivity index (χ2n) is 6.70.